The third-order valence-electron chi connectivity index (χ3n) is 18.4. The molecule has 1 aromatic heterocycles. The molecule has 5 aliphatic rings. The fraction of sp³-hybridized carbons (Fsp3) is 0.424. The second kappa shape index (κ2) is 14.4. The summed E-state index contributed by atoms with van der Waals surface area (Å²) in [6.45, 7) is 38.4. The van der Waals surface area contributed by atoms with Crippen LogP contribution in [0.4, 0.5) is 34.1 Å². The van der Waals surface area contributed by atoms with E-state index >= 15 is 0 Å². The van der Waals surface area contributed by atoms with Crippen molar-refractivity contribution >= 4 is 68.4 Å². The number of hydrogen-bond acceptors (Lipinski definition) is 3. The average molecular weight is 923 g/mol. The van der Waals surface area contributed by atoms with E-state index in [0.29, 0.717) is 0 Å². The lowest BCUT2D eigenvalue weighted by Gasteiger charge is -2.46. The van der Waals surface area contributed by atoms with Crippen molar-refractivity contribution in [3.63, 3.8) is 0 Å². The quantitative estimate of drug-likeness (QED) is 0.165. The molecule has 6 aromatic carbocycles. The monoisotopic (exact) mass is 923 g/mol. The van der Waals surface area contributed by atoms with Crippen LogP contribution in [0.25, 0.3) is 22.1 Å². The Balaban J connectivity index is 1.26. The standard InChI is InChI=1S/C66H75BN2O/c1-39-30-41(60(2,3)4)22-24-51(39)68-52-25-23-42(61(5,6)7)31-50(52)67-57-54(68)32-43(62(8,9)10)33-55(57)69(58-45-35-48-49(37-56(45)70-59(58)67)66(16)29-28-65(48,15)38-66)53-36-47-46(63(11,12)26-27-64(47,13)14)34-44(53)40-20-18-17-19-21-40/h17-25,30-37H,26-29,38H2,1-16H3. The second-order valence-corrected chi connectivity index (χ2v) is 27.6. The minimum Gasteiger partial charge on any atom is -0.468 e. The summed E-state index contributed by atoms with van der Waals surface area (Å²) in [5, 5.41) is 1.24. The van der Waals surface area contributed by atoms with Crippen molar-refractivity contribution in [2.45, 2.75) is 181 Å². The Labute approximate surface area is 420 Å². The molecule has 2 unspecified atom stereocenters. The van der Waals surface area contributed by atoms with Crippen molar-refractivity contribution in [1.82, 2.24) is 0 Å². The highest BCUT2D eigenvalue weighted by Crippen LogP contribution is 2.62. The van der Waals surface area contributed by atoms with Crippen LogP contribution in [0.15, 0.2) is 108 Å². The smallest absolute Gasteiger partial charge is 0.297 e. The van der Waals surface area contributed by atoms with Gasteiger partial charge in [0.1, 0.15) is 5.58 Å². The predicted molar refractivity (Wildman–Crippen MR) is 300 cm³/mol. The molecule has 0 radical (unpaired) electrons. The molecular weight excluding hydrogens is 848 g/mol. The van der Waals surface area contributed by atoms with Crippen LogP contribution in [0.5, 0.6) is 0 Å². The van der Waals surface area contributed by atoms with Crippen molar-refractivity contribution in [2.75, 3.05) is 9.80 Å². The normalized spacial score (nSPS) is 21.7. The summed E-state index contributed by atoms with van der Waals surface area (Å²) in [6.07, 6.45) is 5.98. The first-order valence-electron chi connectivity index (χ1n) is 26.6. The van der Waals surface area contributed by atoms with Gasteiger partial charge in [-0.25, -0.2) is 0 Å². The zero-order chi connectivity index (χ0) is 49.6. The van der Waals surface area contributed by atoms with Gasteiger partial charge in [-0.15, -0.1) is 0 Å². The van der Waals surface area contributed by atoms with Gasteiger partial charge in [0, 0.05) is 33.7 Å². The van der Waals surface area contributed by atoms with Crippen LogP contribution in [0, 0.1) is 6.92 Å². The molecule has 7 aromatic rings. The van der Waals surface area contributed by atoms with Crippen molar-refractivity contribution in [2.24, 2.45) is 0 Å². The van der Waals surface area contributed by atoms with E-state index in [-0.39, 0.29) is 44.6 Å². The Morgan fingerprint density at radius 1 is 0.500 bits per heavy atom. The summed E-state index contributed by atoms with van der Waals surface area (Å²) < 4.78 is 7.77. The van der Waals surface area contributed by atoms with Gasteiger partial charge in [0.15, 0.2) is 0 Å². The minimum atomic E-state index is -0.146. The lowest BCUT2D eigenvalue weighted by molar-refractivity contribution is 0.332. The maximum absolute atomic E-state index is 7.77. The molecule has 0 amide bonds. The number of fused-ring (bicyclic) bond motifs is 12. The SMILES string of the molecule is Cc1cc(C(C)(C)C)ccc1N1c2ccc(C(C)(C)C)cc2B2c3oc4cc5c(cc4c3N(c3cc4c(cc3-c3ccccc3)C(C)(C)CCC4(C)C)c3cc(C(C)(C)C)cc1c32)C1(C)CCC5(C)C1. The highest BCUT2D eigenvalue weighted by Gasteiger charge is 2.55. The van der Waals surface area contributed by atoms with Crippen molar-refractivity contribution in [3.05, 3.63) is 148 Å². The number of furan rings is 1. The molecule has 3 aliphatic carbocycles. The Hall–Kier alpha value is -5.48. The molecule has 70 heavy (non-hydrogen) atoms. The van der Waals surface area contributed by atoms with E-state index < -0.39 is 0 Å². The van der Waals surface area contributed by atoms with E-state index in [2.05, 4.69) is 224 Å². The zero-order valence-electron chi connectivity index (χ0n) is 45.2. The number of benzene rings is 6. The molecule has 3 heterocycles. The number of rotatable bonds is 3. The van der Waals surface area contributed by atoms with E-state index in [1.165, 1.54) is 125 Å². The van der Waals surface area contributed by atoms with E-state index in [1.54, 1.807) is 0 Å². The molecule has 0 saturated heterocycles. The van der Waals surface area contributed by atoms with Gasteiger partial charge in [-0.05, 0) is 186 Å². The fourth-order valence-electron chi connectivity index (χ4n) is 14.0. The van der Waals surface area contributed by atoms with Crippen molar-refractivity contribution < 1.29 is 4.42 Å². The molecule has 3 nitrogen and oxygen atoms in total. The minimum absolute atomic E-state index is 0.00105. The Bertz CT molecular complexity index is 3360. The predicted octanol–water partition coefficient (Wildman–Crippen LogP) is 16.4. The Kier molecular flexibility index (Phi) is 9.36. The number of anilines is 6. The molecule has 0 spiro atoms. The van der Waals surface area contributed by atoms with Crippen LogP contribution in [0.1, 0.15) is 180 Å². The van der Waals surface area contributed by atoms with Gasteiger partial charge in [-0.2, -0.15) is 0 Å². The van der Waals surface area contributed by atoms with E-state index in [9.17, 15) is 0 Å². The molecule has 2 aliphatic heterocycles. The van der Waals surface area contributed by atoms with Crippen LogP contribution in [0.3, 0.4) is 0 Å². The number of hydrogen-bond donors (Lipinski definition) is 0. The van der Waals surface area contributed by atoms with Gasteiger partial charge in [0.25, 0.3) is 6.71 Å². The molecule has 12 rings (SSSR count). The summed E-state index contributed by atoms with van der Waals surface area (Å²) in [6, 6.07) is 41.3. The van der Waals surface area contributed by atoms with Crippen LogP contribution in [-0.4, -0.2) is 6.71 Å². The largest absolute Gasteiger partial charge is 0.468 e. The molecule has 1 fully saturated rings. The first-order chi connectivity index (χ1) is 32.7. The van der Waals surface area contributed by atoms with Gasteiger partial charge < -0.3 is 14.2 Å². The molecule has 1 saturated carbocycles. The average Bonchev–Trinajstić information content (AvgIpc) is 3.90. The summed E-state index contributed by atoms with van der Waals surface area (Å²) >= 11 is 0. The Morgan fingerprint density at radius 2 is 1.06 bits per heavy atom. The van der Waals surface area contributed by atoms with E-state index in [4.69, 9.17) is 4.42 Å². The van der Waals surface area contributed by atoms with Crippen LogP contribution >= 0.6 is 0 Å². The summed E-state index contributed by atoms with van der Waals surface area (Å²) in [5.41, 5.74) is 26.1. The van der Waals surface area contributed by atoms with Crippen molar-refractivity contribution in [1.29, 1.82) is 0 Å². The summed E-state index contributed by atoms with van der Waals surface area (Å²) in [7, 11) is 0. The first-order valence-corrected chi connectivity index (χ1v) is 26.6. The molecule has 358 valence electrons. The van der Waals surface area contributed by atoms with E-state index in [1.807, 2.05) is 0 Å². The number of nitrogens with zero attached hydrogens (tertiary/aromatic N) is 2. The van der Waals surface area contributed by atoms with Crippen LogP contribution < -0.4 is 26.4 Å². The lowest BCUT2D eigenvalue weighted by Crippen LogP contribution is -2.61. The highest BCUT2D eigenvalue weighted by molar-refractivity contribution is 7.00. The highest BCUT2D eigenvalue weighted by atomic mass is 16.3. The van der Waals surface area contributed by atoms with Crippen LogP contribution in [-0.2, 0) is 37.9 Å². The van der Waals surface area contributed by atoms with Gasteiger partial charge in [0.2, 0.25) is 0 Å². The van der Waals surface area contributed by atoms with Gasteiger partial charge in [0.05, 0.1) is 17.0 Å². The second-order valence-electron chi connectivity index (χ2n) is 27.6. The van der Waals surface area contributed by atoms with Crippen LogP contribution in [0.2, 0.25) is 0 Å². The zero-order valence-corrected chi connectivity index (χ0v) is 45.2. The maximum atomic E-state index is 7.77. The molecule has 4 heteroatoms. The third-order valence-corrected chi connectivity index (χ3v) is 18.4. The topological polar surface area (TPSA) is 19.6 Å². The first kappa shape index (κ1) is 45.6. The van der Waals surface area contributed by atoms with Crippen molar-refractivity contribution in [3.8, 4) is 11.1 Å². The van der Waals surface area contributed by atoms with Gasteiger partial charge in [-0.1, -0.05) is 158 Å². The molecule has 0 N–H and O–H groups in total. The maximum Gasteiger partial charge on any atom is 0.297 e. The number of aryl methyl sites for hydroxylation is 1. The fourth-order valence-corrected chi connectivity index (χ4v) is 14.0. The Morgan fingerprint density at radius 3 is 1.66 bits per heavy atom. The molecule has 2 bridgehead atoms. The van der Waals surface area contributed by atoms with Gasteiger partial charge in [-0.3, -0.25) is 0 Å². The summed E-state index contributed by atoms with van der Waals surface area (Å²) in [4.78, 5) is 5.35. The lowest BCUT2D eigenvalue weighted by atomic mass is 9.35. The third kappa shape index (κ3) is 6.52. The van der Waals surface area contributed by atoms with E-state index in [0.717, 1.165) is 24.1 Å². The summed E-state index contributed by atoms with van der Waals surface area (Å²) in [5.74, 6) is 0. The molecular formula is C66H75BN2O. The molecule has 2 atom stereocenters. The van der Waals surface area contributed by atoms with Gasteiger partial charge >= 0.3 is 0 Å².